The van der Waals surface area contributed by atoms with Gasteiger partial charge in [-0.05, 0) is 12.5 Å². The third-order valence-electron chi connectivity index (χ3n) is 1.72. The number of nitro groups is 2. The molecule has 1 aromatic rings. The van der Waals surface area contributed by atoms with Crippen molar-refractivity contribution in [3.05, 3.63) is 41.9 Å². The van der Waals surface area contributed by atoms with Crippen LogP contribution in [0.15, 0.2) is 6.07 Å². The van der Waals surface area contributed by atoms with Crippen molar-refractivity contribution in [2.45, 2.75) is 6.92 Å². The average molecular weight is 251 g/mol. The predicted octanol–water partition coefficient (Wildman–Crippen LogP) is 3.12. The number of benzene rings is 1. The molecule has 6 nitrogen and oxygen atoms in total. The number of hydrogen-bond acceptors (Lipinski definition) is 4. The van der Waals surface area contributed by atoms with E-state index in [9.17, 15) is 20.2 Å². The van der Waals surface area contributed by atoms with E-state index >= 15 is 0 Å². The van der Waals surface area contributed by atoms with Gasteiger partial charge in [-0.25, -0.2) is 0 Å². The summed E-state index contributed by atoms with van der Waals surface area (Å²) in [5.41, 5.74) is -1.12. The van der Waals surface area contributed by atoms with Crippen LogP contribution in [0.25, 0.3) is 0 Å². The predicted molar refractivity (Wildman–Crippen MR) is 54.5 cm³/mol. The van der Waals surface area contributed by atoms with E-state index in [4.69, 9.17) is 23.2 Å². The van der Waals surface area contributed by atoms with Gasteiger partial charge in [0.25, 0.3) is 0 Å². The minimum atomic E-state index is -0.925. The second-order valence-electron chi connectivity index (χ2n) is 2.70. The van der Waals surface area contributed by atoms with Crippen molar-refractivity contribution in [1.29, 1.82) is 0 Å². The lowest BCUT2D eigenvalue weighted by Gasteiger charge is -2.02. The van der Waals surface area contributed by atoms with Crippen LogP contribution in [-0.4, -0.2) is 9.85 Å². The van der Waals surface area contributed by atoms with Gasteiger partial charge < -0.3 is 0 Å². The Morgan fingerprint density at radius 2 is 1.67 bits per heavy atom. The van der Waals surface area contributed by atoms with Gasteiger partial charge in [-0.1, -0.05) is 23.2 Å². The first-order valence-corrected chi connectivity index (χ1v) is 4.39. The largest absolute Gasteiger partial charge is 0.365 e. The number of halogens is 2. The minimum Gasteiger partial charge on any atom is -0.258 e. The highest BCUT2D eigenvalue weighted by Gasteiger charge is 2.30. The molecular formula is C7H4Cl2N2O4. The molecule has 0 spiro atoms. The van der Waals surface area contributed by atoms with Crippen molar-refractivity contribution < 1.29 is 9.85 Å². The Bertz CT molecular complexity index is 461. The van der Waals surface area contributed by atoms with Crippen LogP contribution in [0.3, 0.4) is 0 Å². The fraction of sp³-hybridized carbons (Fsp3) is 0.143. The highest BCUT2D eigenvalue weighted by Crippen LogP contribution is 2.41. The van der Waals surface area contributed by atoms with E-state index in [0.29, 0.717) is 5.56 Å². The summed E-state index contributed by atoms with van der Waals surface area (Å²) in [6.07, 6.45) is 0. The van der Waals surface area contributed by atoms with Crippen molar-refractivity contribution in [2.75, 3.05) is 0 Å². The standard InChI is InChI=1S/C7H4Cl2N2O4/c1-3-2-4(10(12)13)7(11(14)15)6(9)5(3)8/h2H,1H3. The van der Waals surface area contributed by atoms with E-state index in [1.165, 1.54) is 6.92 Å². The zero-order chi connectivity index (χ0) is 11.7. The van der Waals surface area contributed by atoms with Gasteiger partial charge in [-0.3, -0.25) is 20.2 Å². The fourth-order valence-corrected chi connectivity index (χ4v) is 1.50. The molecule has 0 unspecified atom stereocenters. The summed E-state index contributed by atoms with van der Waals surface area (Å²) >= 11 is 11.2. The molecule has 0 aromatic heterocycles. The molecule has 0 N–H and O–H groups in total. The Morgan fingerprint density at radius 1 is 1.13 bits per heavy atom. The quantitative estimate of drug-likeness (QED) is 0.596. The molecule has 0 saturated carbocycles. The SMILES string of the molecule is Cc1cc([N+](=O)[O-])c([N+](=O)[O-])c(Cl)c1Cl. The molecule has 1 rings (SSSR count). The molecule has 0 saturated heterocycles. The number of hydrogen-bond donors (Lipinski definition) is 0. The molecule has 0 amide bonds. The van der Waals surface area contributed by atoms with Crippen molar-refractivity contribution in [3.63, 3.8) is 0 Å². The molecule has 0 heterocycles. The maximum absolute atomic E-state index is 10.6. The first kappa shape index (κ1) is 11.7. The van der Waals surface area contributed by atoms with E-state index < -0.39 is 26.2 Å². The summed E-state index contributed by atoms with van der Waals surface area (Å²) in [5, 5.41) is 20.7. The summed E-state index contributed by atoms with van der Waals surface area (Å²) in [4.78, 5) is 19.3. The van der Waals surface area contributed by atoms with Crippen molar-refractivity contribution in [1.82, 2.24) is 0 Å². The molecule has 15 heavy (non-hydrogen) atoms. The van der Waals surface area contributed by atoms with E-state index in [-0.39, 0.29) is 5.02 Å². The van der Waals surface area contributed by atoms with Crippen LogP contribution in [0, 0.1) is 27.2 Å². The third-order valence-corrected chi connectivity index (χ3v) is 2.67. The number of rotatable bonds is 2. The molecule has 0 bridgehead atoms. The minimum absolute atomic E-state index is 0.0473. The van der Waals surface area contributed by atoms with E-state index in [1.54, 1.807) is 0 Å². The van der Waals surface area contributed by atoms with Gasteiger partial charge in [0.15, 0.2) is 0 Å². The van der Waals surface area contributed by atoms with Gasteiger partial charge in [-0.15, -0.1) is 0 Å². The van der Waals surface area contributed by atoms with Crippen LogP contribution in [0.1, 0.15) is 5.56 Å². The molecule has 0 aliphatic rings. The fourth-order valence-electron chi connectivity index (χ4n) is 1.04. The Morgan fingerprint density at radius 3 is 2.07 bits per heavy atom. The van der Waals surface area contributed by atoms with Gasteiger partial charge >= 0.3 is 11.4 Å². The first-order chi connectivity index (χ1) is 6.86. The molecule has 8 heteroatoms. The average Bonchev–Trinajstić information content (AvgIpc) is 2.12. The Balaban J connectivity index is 3.65. The third kappa shape index (κ3) is 2.00. The second-order valence-corrected chi connectivity index (χ2v) is 3.46. The van der Waals surface area contributed by atoms with Crippen LogP contribution < -0.4 is 0 Å². The topological polar surface area (TPSA) is 86.3 Å². The van der Waals surface area contributed by atoms with E-state index in [0.717, 1.165) is 6.07 Å². The molecule has 80 valence electrons. The summed E-state index contributed by atoms with van der Waals surface area (Å²) < 4.78 is 0. The number of nitro benzene ring substituents is 2. The normalized spacial score (nSPS) is 10.1. The first-order valence-electron chi connectivity index (χ1n) is 3.63. The summed E-state index contributed by atoms with van der Waals surface area (Å²) in [5.74, 6) is 0. The van der Waals surface area contributed by atoms with Gasteiger partial charge in [0.1, 0.15) is 5.02 Å². The molecular weight excluding hydrogens is 247 g/mol. The molecule has 1 aromatic carbocycles. The molecule has 0 atom stereocenters. The Kier molecular flexibility index (Phi) is 3.11. The Hall–Kier alpha value is -1.40. The molecule has 0 aliphatic carbocycles. The van der Waals surface area contributed by atoms with Gasteiger partial charge in [-0.2, -0.15) is 0 Å². The van der Waals surface area contributed by atoms with Crippen molar-refractivity contribution in [2.24, 2.45) is 0 Å². The van der Waals surface area contributed by atoms with Crippen LogP contribution in [0.2, 0.25) is 10.0 Å². The van der Waals surface area contributed by atoms with Crippen LogP contribution in [-0.2, 0) is 0 Å². The lowest BCUT2D eigenvalue weighted by molar-refractivity contribution is -0.422. The zero-order valence-corrected chi connectivity index (χ0v) is 8.87. The summed E-state index contributed by atoms with van der Waals surface area (Å²) in [6.45, 7) is 1.48. The van der Waals surface area contributed by atoms with Gasteiger partial charge in [0.05, 0.1) is 14.9 Å². The monoisotopic (exact) mass is 250 g/mol. The molecule has 0 radical (unpaired) electrons. The summed E-state index contributed by atoms with van der Waals surface area (Å²) in [7, 11) is 0. The lowest BCUT2D eigenvalue weighted by Crippen LogP contribution is -1.98. The molecule has 0 aliphatic heterocycles. The van der Waals surface area contributed by atoms with Gasteiger partial charge in [0, 0.05) is 6.07 Å². The van der Waals surface area contributed by atoms with E-state index in [1.807, 2.05) is 0 Å². The number of nitrogens with zero attached hydrogens (tertiary/aromatic N) is 2. The maximum atomic E-state index is 10.6. The van der Waals surface area contributed by atoms with Gasteiger partial charge in [0.2, 0.25) is 0 Å². The zero-order valence-electron chi connectivity index (χ0n) is 7.36. The van der Waals surface area contributed by atoms with Crippen LogP contribution in [0.5, 0.6) is 0 Å². The smallest absolute Gasteiger partial charge is 0.258 e. The number of aryl methyl sites for hydroxylation is 1. The van der Waals surface area contributed by atoms with Crippen LogP contribution >= 0.6 is 23.2 Å². The second kappa shape index (κ2) is 4.00. The van der Waals surface area contributed by atoms with Crippen molar-refractivity contribution in [3.8, 4) is 0 Å². The van der Waals surface area contributed by atoms with E-state index in [2.05, 4.69) is 0 Å². The maximum Gasteiger partial charge on any atom is 0.365 e. The lowest BCUT2D eigenvalue weighted by atomic mass is 10.2. The highest BCUT2D eigenvalue weighted by atomic mass is 35.5. The van der Waals surface area contributed by atoms with Crippen molar-refractivity contribution >= 4 is 34.6 Å². The highest BCUT2D eigenvalue weighted by molar-refractivity contribution is 6.44. The Labute approximate surface area is 93.7 Å². The van der Waals surface area contributed by atoms with Crippen LogP contribution in [0.4, 0.5) is 11.4 Å². The summed E-state index contributed by atoms with van der Waals surface area (Å²) in [6, 6.07) is 1.02. The molecule has 0 fully saturated rings.